The molecule has 2 aromatic rings. The quantitative estimate of drug-likeness (QED) is 0.580. The summed E-state index contributed by atoms with van der Waals surface area (Å²) in [5.74, 6) is -2.82. The molecular formula is C25H33NO7. The molecule has 8 heteroatoms. The summed E-state index contributed by atoms with van der Waals surface area (Å²) in [4.78, 5) is 39.8. The molecule has 1 unspecified atom stereocenters. The van der Waals surface area contributed by atoms with E-state index in [9.17, 15) is 24.6 Å². The van der Waals surface area contributed by atoms with Crippen LogP contribution < -0.4 is 5.56 Å². The third-order valence-electron chi connectivity index (χ3n) is 5.61. The van der Waals surface area contributed by atoms with Crippen LogP contribution in [-0.2, 0) is 25.1 Å². The lowest BCUT2D eigenvalue weighted by Gasteiger charge is -2.30. The molecule has 0 radical (unpaired) electrons. The average molecular weight is 460 g/mol. The third kappa shape index (κ3) is 5.38. The number of aromatic nitrogens is 1. The molecule has 0 amide bonds. The van der Waals surface area contributed by atoms with Gasteiger partial charge in [0.1, 0.15) is 17.1 Å². The van der Waals surface area contributed by atoms with Crippen LogP contribution >= 0.6 is 0 Å². The van der Waals surface area contributed by atoms with Gasteiger partial charge in [0.2, 0.25) is 0 Å². The Kier molecular flexibility index (Phi) is 7.31. The molecule has 0 saturated carbocycles. The summed E-state index contributed by atoms with van der Waals surface area (Å²) < 4.78 is 9.54. The largest absolute Gasteiger partial charge is 0.507 e. The number of esters is 2. The van der Waals surface area contributed by atoms with Crippen molar-refractivity contribution in [3.8, 4) is 11.5 Å². The Bertz CT molecular complexity index is 1080. The number of carbonyl (C=O) groups is 2. The second-order valence-corrected chi connectivity index (χ2v) is 10.1. The zero-order chi connectivity index (χ0) is 25.3. The van der Waals surface area contributed by atoms with Crippen molar-refractivity contribution in [3.05, 3.63) is 56.5 Å². The molecule has 0 bridgehead atoms. The van der Waals surface area contributed by atoms with E-state index in [1.54, 1.807) is 12.1 Å². The number of hydrogen-bond donors (Lipinski definition) is 3. The lowest BCUT2D eigenvalue weighted by molar-refractivity contribution is -0.140. The van der Waals surface area contributed by atoms with Crippen LogP contribution in [0.4, 0.5) is 0 Å². The number of methoxy groups -OCH3 is 2. The molecular weight excluding hydrogens is 426 g/mol. The number of phenols is 1. The van der Waals surface area contributed by atoms with E-state index >= 15 is 0 Å². The highest BCUT2D eigenvalue weighted by atomic mass is 16.5. The van der Waals surface area contributed by atoms with Crippen molar-refractivity contribution >= 4 is 11.9 Å². The molecule has 0 aliphatic carbocycles. The van der Waals surface area contributed by atoms with Gasteiger partial charge in [-0.2, -0.15) is 0 Å². The van der Waals surface area contributed by atoms with Gasteiger partial charge in [-0.1, -0.05) is 53.7 Å². The van der Waals surface area contributed by atoms with Crippen molar-refractivity contribution in [2.24, 2.45) is 0 Å². The molecule has 0 fully saturated rings. The first-order chi connectivity index (χ1) is 15.1. The molecule has 1 heterocycles. The van der Waals surface area contributed by atoms with E-state index < -0.39 is 40.0 Å². The Morgan fingerprint density at radius 2 is 1.45 bits per heavy atom. The predicted octanol–water partition coefficient (Wildman–Crippen LogP) is 3.86. The van der Waals surface area contributed by atoms with Crippen molar-refractivity contribution < 1.29 is 29.3 Å². The summed E-state index contributed by atoms with van der Waals surface area (Å²) in [6.07, 6.45) is 0.801. The van der Waals surface area contributed by atoms with Crippen LogP contribution in [-0.4, -0.2) is 41.4 Å². The molecule has 180 valence electrons. The Morgan fingerprint density at radius 3 is 1.88 bits per heavy atom. The van der Waals surface area contributed by atoms with Crippen LogP contribution in [0.1, 0.15) is 86.5 Å². The third-order valence-corrected chi connectivity index (χ3v) is 5.61. The SMILES string of the molecule is COC(=O)CC(c1cc(C(C)(C)C)c(O)c(C(C)(C)C)c1)c1c(O)c(C(=O)OC)c[nH]c1=O. The van der Waals surface area contributed by atoms with Crippen molar-refractivity contribution in [2.45, 2.75) is 64.7 Å². The lowest BCUT2D eigenvalue weighted by Crippen LogP contribution is -2.24. The van der Waals surface area contributed by atoms with Crippen LogP contribution in [0, 0.1) is 0 Å². The summed E-state index contributed by atoms with van der Waals surface area (Å²) in [5, 5.41) is 21.9. The van der Waals surface area contributed by atoms with Crippen LogP contribution in [0.15, 0.2) is 23.1 Å². The minimum absolute atomic E-state index is 0.136. The Labute approximate surface area is 193 Å². The molecule has 1 atom stereocenters. The second-order valence-electron chi connectivity index (χ2n) is 10.1. The van der Waals surface area contributed by atoms with Crippen molar-refractivity contribution in [1.82, 2.24) is 4.98 Å². The Balaban J connectivity index is 2.95. The summed E-state index contributed by atoms with van der Waals surface area (Å²) in [6.45, 7) is 11.6. The maximum absolute atomic E-state index is 12.8. The van der Waals surface area contributed by atoms with E-state index in [1.165, 1.54) is 7.11 Å². The highest BCUT2D eigenvalue weighted by Crippen LogP contribution is 2.43. The van der Waals surface area contributed by atoms with E-state index in [1.807, 2.05) is 41.5 Å². The molecule has 2 rings (SSSR count). The number of aromatic hydroxyl groups is 2. The summed E-state index contributed by atoms with van der Waals surface area (Å²) in [6, 6.07) is 3.45. The monoisotopic (exact) mass is 459 g/mol. The average Bonchev–Trinajstić information content (AvgIpc) is 2.70. The first kappa shape index (κ1) is 26.0. The van der Waals surface area contributed by atoms with Crippen LogP contribution in [0.2, 0.25) is 0 Å². The molecule has 1 aromatic carbocycles. The van der Waals surface area contributed by atoms with Gasteiger partial charge in [0.25, 0.3) is 5.56 Å². The van der Waals surface area contributed by atoms with Crippen LogP contribution in [0.25, 0.3) is 0 Å². The fourth-order valence-corrected chi connectivity index (χ4v) is 3.76. The minimum atomic E-state index is -0.950. The zero-order valence-electron chi connectivity index (χ0n) is 20.5. The van der Waals surface area contributed by atoms with Crippen LogP contribution in [0.3, 0.4) is 0 Å². The number of carbonyl (C=O) groups excluding carboxylic acids is 2. The van der Waals surface area contributed by atoms with Gasteiger partial charge < -0.3 is 24.7 Å². The normalized spacial score (nSPS) is 12.8. The smallest absolute Gasteiger partial charge is 0.343 e. The number of rotatable bonds is 5. The van der Waals surface area contributed by atoms with E-state index in [0.29, 0.717) is 16.7 Å². The molecule has 1 aromatic heterocycles. The van der Waals surface area contributed by atoms with Gasteiger partial charge in [0.05, 0.1) is 26.2 Å². The van der Waals surface area contributed by atoms with Crippen molar-refractivity contribution in [1.29, 1.82) is 0 Å². The van der Waals surface area contributed by atoms with Gasteiger partial charge in [-0.05, 0) is 27.5 Å². The summed E-state index contributed by atoms with van der Waals surface area (Å²) >= 11 is 0. The highest BCUT2D eigenvalue weighted by Gasteiger charge is 2.32. The second kappa shape index (κ2) is 9.29. The van der Waals surface area contributed by atoms with Gasteiger partial charge in [0.15, 0.2) is 0 Å². The number of phenolic OH excluding ortho intramolecular Hbond substituents is 1. The van der Waals surface area contributed by atoms with E-state index in [-0.39, 0.29) is 23.3 Å². The maximum Gasteiger partial charge on any atom is 0.343 e. The molecule has 33 heavy (non-hydrogen) atoms. The number of ether oxygens (including phenoxy) is 2. The molecule has 0 saturated heterocycles. The lowest BCUT2D eigenvalue weighted by atomic mass is 9.75. The molecule has 0 aliphatic heterocycles. The molecule has 3 N–H and O–H groups in total. The fraction of sp³-hybridized carbons (Fsp3) is 0.480. The first-order valence-electron chi connectivity index (χ1n) is 10.6. The minimum Gasteiger partial charge on any atom is -0.507 e. The maximum atomic E-state index is 12.8. The van der Waals surface area contributed by atoms with Crippen molar-refractivity contribution in [3.63, 3.8) is 0 Å². The number of pyridine rings is 1. The predicted molar refractivity (Wildman–Crippen MR) is 124 cm³/mol. The number of nitrogens with one attached hydrogen (secondary N) is 1. The molecule has 0 spiro atoms. The van der Waals surface area contributed by atoms with E-state index in [4.69, 9.17) is 9.47 Å². The summed E-state index contributed by atoms with van der Waals surface area (Å²) in [7, 11) is 2.38. The molecule has 0 aliphatic rings. The van der Waals surface area contributed by atoms with Gasteiger partial charge in [0, 0.05) is 12.1 Å². The topological polar surface area (TPSA) is 126 Å². The van der Waals surface area contributed by atoms with Gasteiger partial charge >= 0.3 is 11.9 Å². The van der Waals surface area contributed by atoms with E-state index in [2.05, 4.69) is 4.98 Å². The van der Waals surface area contributed by atoms with Crippen LogP contribution in [0.5, 0.6) is 11.5 Å². The standard InChI is InChI=1S/C25H33NO7/c1-24(2,3)16-9-13(10-17(21(16)29)25(4,5)6)14(11-18(27)32-7)19-20(28)15(23(31)33-8)12-26-22(19)30/h9-10,12,14,29H,11H2,1-8H3,(H2,26,28,30). The van der Waals surface area contributed by atoms with E-state index in [0.717, 1.165) is 13.3 Å². The Morgan fingerprint density at radius 1 is 0.939 bits per heavy atom. The number of benzene rings is 1. The van der Waals surface area contributed by atoms with Gasteiger partial charge in [-0.25, -0.2) is 4.79 Å². The first-order valence-corrected chi connectivity index (χ1v) is 10.6. The summed E-state index contributed by atoms with van der Waals surface area (Å²) in [5.41, 5.74) is -0.190. The number of aromatic amines is 1. The number of hydrogen-bond acceptors (Lipinski definition) is 7. The van der Waals surface area contributed by atoms with Gasteiger partial charge in [-0.15, -0.1) is 0 Å². The van der Waals surface area contributed by atoms with Gasteiger partial charge in [-0.3, -0.25) is 9.59 Å². The zero-order valence-corrected chi connectivity index (χ0v) is 20.5. The Hall–Kier alpha value is -3.29. The fourth-order valence-electron chi connectivity index (χ4n) is 3.76. The number of H-pyrrole nitrogens is 1. The highest BCUT2D eigenvalue weighted by molar-refractivity contribution is 5.92. The van der Waals surface area contributed by atoms with Crippen molar-refractivity contribution in [2.75, 3.05) is 14.2 Å². The molecule has 8 nitrogen and oxygen atoms in total.